The van der Waals surface area contributed by atoms with Gasteiger partial charge in [-0.05, 0) is 103 Å². The van der Waals surface area contributed by atoms with Crippen LogP contribution in [-0.2, 0) is 20.9 Å². The Morgan fingerprint density at radius 3 is 2.43 bits per heavy atom. The van der Waals surface area contributed by atoms with Gasteiger partial charge in [-0.25, -0.2) is 4.79 Å². The molecule has 3 N–H and O–H groups in total. The van der Waals surface area contributed by atoms with Gasteiger partial charge in [0, 0.05) is 49.6 Å². The van der Waals surface area contributed by atoms with Gasteiger partial charge in [0.15, 0.2) is 0 Å². The van der Waals surface area contributed by atoms with E-state index in [2.05, 4.69) is 42.2 Å². The first-order valence-electron chi connectivity index (χ1n) is 22.9. The predicted molar refractivity (Wildman–Crippen MR) is 248 cm³/mol. The van der Waals surface area contributed by atoms with Crippen LogP contribution in [0.1, 0.15) is 74.8 Å². The first-order valence-corrected chi connectivity index (χ1v) is 22.9. The molecular weight excluding hydrogens is 827 g/mol. The summed E-state index contributed by atoms with van der Waals surface area (Å²) in [4.78, 5) is 36.2. The number of oxime groups is 1. The summed E-state index contributed by atoms with van der Waals surface area (Å²) >= 11 is 0. The lowest BCUT2D eigenvalue weighted by molar-refractivity contribution is -0.258. The number of hydrogen-bond acceptors (Lipinski definition) is 11. The second-order valence-electron chi connectivity index (χ2n) is 17.4. The summed E-state index contributed by atoms with van der Waals surface area (Å²) in [5.74, 6) is -0.434. The van der Waals surface area contributed by atoms with Crippen LogP contribution >= 0.6 is 0 Å². The van der Waals surface area contributed by atoms with Gasteiger partial charge in [0.2, 0.25) is 11.7 Å². The summed E-state index contributed by atoms with van der Waals surface area (Å²) in [7, 11) is 4.61. The summed E-state index contributed by atoms with van der Waals surface area (Å²) in [6.45, 7) is 4.67. The van der Waals surface area contributed by atoms with Gasteiger partial charge in [0.05, 0.1) is 38.1 Å². The Hall–Kier alpha value is -5.89. The van der Waals surface area contributed by atoms with Crippen LogP contribution in [0.3, 0.4) is 0 Å². The minimum atomic E-state index is -1.42. The summed E-state index contributed by atoms with van der Waals surface area (Å²) in [6.07, 6.45) is 9.63. The first-order chi connectivity index (χ1) is 31.8. The lowest BCUT2D eigenvalue weighted by Crippen LogP contribution is -2.70. The van der Waals surface area contributed by atoms with E-state index in [-0.39, 0.29) is 49.4 Å². The third-order valence-electron chi connectivity index (χ3n) is 13.5. The number of unbranched alkanes of at least 4 members (excludes halogenated alkanes) is 2. The average Bonchev–Trinajstić information content (AvgIpc) is 4.18. The van der Waals surface area contributed by atoms with E-state index in [1.807, 2.05) is 35.2 Å². The minimum absolute atomic E-state index is 0.0100. The fourth-order valence-electron chi connectivity index (χ4n) is 10.5. The number of aliphatic hydroxyl groups is 2. The van der Waals surface area contributed by atoms with Crippen LogP contribution in [-0.4, -0.2) is 85.8 Å². The SMILES string of the molecule is C=CCO[C@@]12Oc3ccc(OC(=O)Nc4ccc(OC)cc4OC)cc3[C@H]3[C@H](CCCCO)[C@@H](CCCCO)C=C(C(=NOC)C[C@@H]1N(Cc1cccc4ccccc14)C(=O)C1CC1)[C@H]32. The number of aliphatic hydroxyl groups excluding tert-OH is 2. The second kappa shape index (κ2) is 20.5. The van der Waals surface area contributed by atoms with Crippen LogP contribution in [0.5, 0.6) is 23.0 Å². The number of carbonyl (C=O) groups excluding carboxylic acids is 2. The van der Waals surface area contributed by atoms with Crippen molar-refractivity contribution >= 4 is 34.2 Å². The highest BCUT2D eigenvalue weighted by Crippen LogP contribution is 2.62. The maximum absolute atomic E-state index is 15.0. The van der Waals surface area contributed by atoms with Gasteiger partial charge in [0.25, 0.3) is 0 Å². The average molecular weight is 888 g/mol. The van der Waals surface area contributed by atoms with Crippen molar-refractivity contribution in [2.75, 3.05) is 46.5 Å². The van der Waals surface area contributed by atoms with Crippen molar-refractivity contribution in [3.05, 3.63) is 114 Å². The molecule has 2 fully saturated rings. The molecule has 1 heterocycles. The van der Waals surface area contributed by atoms with E-state index in [4.69, 9.17) is 33.7 Å². The minimum Gasteiger partial charge on any atom is -0.497 e. The van der Waals surface area contributed by atoms with E-state index >= 15 is 0 Å². The molecule has 0 radical (unpaired) electrons. The van der Waals surface area contributed by atoms with Gasteiger partial charge in [-0.1, -0.05) is 72.6 Å². The zero-order chi connectivity index (χ0) is 45.5. The lowest BCUT2D eigenvalue weighted by Gasteiger charge is -2.60. The summed E-state index contributed by atoms with van der Waals surface area (Å²) < 4.78 is 31.4. The normalized spacial score (nSPS) is 23.6. The number of anilines is 1. The summed E-state index contributed by atoms with van der Waals surface area (Å²) in [5.41, 5.74) is 3.89. The Labute approximate surface area is 381 Å². The molecule has 3 aliphatic carbocycles. The highest BCUT2D eigenvalue weighted by molar-refractivity contribution is 6.03. The molecule has 0 unspecified atom stereocenters. The van der Waals surface area contributed by atoms with Crippen LogP contribution in [0.25, 0.3) is 10.8 Å². The smallest absolute Gasteiger partial charge is 0.417 e. The van der Waals surface area contributed by atoms with Gasteiger partial charge < -0.3 is 43.6 Å². The van der Waals surface area contributed by atoms with Crippen LogP contribution in [0.2, 0.25) is 0 Å². The number of rotatable bonds is 20. The highest BCUT2D eigenvalue weighted by atomic mass is 16.7. The zero-order valence-electron chi connectivity index (χ0n) is 37.6. The van der Waals surface area contributed by atoms with Crippen molar-refractivity contribution in [2.24, 2.45) is 28.8 Å². The summed E-state index contributed by atoms with van der Waals surface area (Å²) in [6, 6.07) is 24.3. The number of fused-ring (bicyclic) bond motifs is 3. The zero-order valence-corrected chi connectivity index (χ0v) is 37.6. The number of ether oxygens (including phenoxy) is 5. The maximum atomic E-state index is 15.0. The van der Waals surface area contributed by atoms with Crippen LogP contribution in [0, 0.1) is 23.7 Å². The number of hydrogen-bond donors (Lipinski definition) is 3. The number of carbonyl (C=O) groups is 2. The molecule has 8 rings (SSSR count). The molecule has 4 aliphatic rings. The number of nitrogens with zero attached hydrogens (tertiary/aromatic N) is 2. The van der Waals surface area contributed by atoms with E-state index in [1.165, 1.54) is 7.11 Å². The molecule has 344 valence electrons. The molecule has 0 spiro atoms. The Morgan fingerprint density at radius 2 is 1.69 bits per heavy atom. The van der Waals surface area contributed by atoms with Crippen molar-refractivity contribution in [3.63, 3.8) is 0 Å². The summed E-state index contributed by atoms with van der Waals surface area (Å²) in [5, 5.41) is 29.6. The van der Waals surface area contributed by atoms with Crippen LogP contribution in [0.15, 0.2) is 108 Å². The number of nitrogens with one attached hydrogen (secondary N) is 1. The van der Waals surface area contributed by atoms with Crippen LogP contribution < -0.4 is 24.3 Å². The molecule has 13 nitrogen and oxygen atoms in total. The van der Waals surface area contributed by atoms with Gasteiger partial charge >= 0.3 is 6.09 Å². The van der Waals surface area contributed by atoms with E-state index in [0.717, 1.165) is 66.0 Å². The Kier molecular flexibility index (Phi) is 14.4. The fourth-order valence-corrected chi connectivity index (χ4v) is 10.5. The van der Waals surface area contributed by atoms with Crippen molar-refractivity contribution in [1.82, 2.24) is 4.90 Å². The molecule has 0 aromatic heterocycles. The highest BCUT2D eigenvalue weighted by Gasteiger charge is 2.66. The number of benzene rings is 4. The Bertz CT molecular complexity index is 2410. The largest absolute Gasteiger partial charge is 0.497 e. The van der Waals surface area contributed by atoms with Crippen molar-refractivity contribution < 1.29 is 48.3 Å². The quantitative estimate of drug-likeness (QED) is 0.0444. The van der Waals surface area contributed by atoms with E-state index < -0.39 is 23.8 Å². The van der Waals surface area contributed by atoms with Crippen molar-refractivity contribution in [1.29, 1.82) is 0 Å². The van der Waals surface area contributed by atoms with E-state index in [9.17, 15) is 19.8 Å². The fraction of sp³-hybridized carbons (Fsp3) is 0.442. The third kappa shape index (κ3) is 9.45. The monoisotopic (exact) mass is 887 g/mol. The first kappa shape index (κ1) is 45.7. The van der Waals surface area contributed by atoms with Gasteiger partial charge in [-0.15, -0.1) is 6.58 Å². The van der Waals surface area contributed by atoms with Crippen molar-refractivity contribution in [3.8, 4) is 23.0 Å². The van der Waals surface area contributed by atoms with Gasteiger partial charge in [-0.2, -0.15) is 0 Å². The topological polar surface area (TPSA) is 158 Å². The molecule has 4 aromatic rings. The molecule has 2 saturated carbocycles. The molecular formula is C52H61N3O10. The molecule has 0 bridgehead atoms. The van der Waals surface area contributed by atoms with Crippen LogP contribution in [0.4, 0.5) is 10.5 Å². The molecule has 65 heavy (non-hydrogen) atoms. The van der Waals surface area contributed by atoms with Crippen molar-refractivity contribution in [2.45, 2.75) is 82.1 Å². The number of amides is 2. The molecule has 2 amide bonds. The van der Waals surface area contributed by atoms with Gasteiger partial charge in [-0.3, -0.25) is 10.1 Å². The molecule has 0 saturated heterocycles. The van der Waals surface area contributed by atoms with Gasteiger partial charge in [0.1, 0.15) is 36.1 Å². The standard InChI is InChI=1S/C52H61N3O10/c1-5-27-63-52-47(55(50(58)34-19-20-34)32-36-16-12-15-33-13-6-7-17-39(33)36)31-44(54-62-4)41-28-35(14-8-10-25-56)40(18-9-11-26-57)48(49(41)52)42-29-38(22-24-45(42)65-52)64-51(59)53-43-23-21-37(60-2)30-46(43)61-3/h5-7,12-13,15-17,21-24,28-30,34-35,40,47-49,56-57H,1,8-11,14,18-20,25-27,31-32H2,2-4H3,(H,53,59)/t35-,40+,47-,48+,49+,52+/m0/s1. The molecule has 1 aliphatic heterocycles. The predicted octanol–water partition coefficient (Wildman–Crippen LogP) is 9.17. The Morgan fingerprint density at radius 1 is 0.923 bits per heavy atom. The Balaban J connectivity index is 1.28. The number of allylic oxidation sites excluding steroid dienone is 1. The molecule has 13 heteroatoms. The third-order valence-corrected chi connectivity index (χ3v) is 13.5. The second-order valence-corrected chi connectivity index (χ2v) is 17.4. The maximum Gasteiger partial charge on any atom is 0.417 e. The molecule has 4 aromatic carbocycles. The lowest BCUT2D eigenvalue weighted by atomic mass is 9.55. The van der Waals surface area contributed by atoms with E-state index in [1.54, 1.807) is 44.6 Å². The number of methoxy groups -OCH3 is 2. The van der Waals surface area contributed by atoms with E-state index in [0.29, 0.717) is 60.2 Å². The molecule has 6 atom stereocenters.